The summed E-state index contributed by atoms with van der Waals surface area (Å²) < 4.78 is 33.9. The van der Waals surface area contributed by atoms with Crippen molar-refractivity contribution < 1.29 is 33.2 Å². The van der Waals surface area contributed by atoms with Crippen LogP contribution in [0.3, 0.4) is 0 Å². The van der Waals surface area contributed by atoms with Crippen molar-refractivity contribution in [1.29, 1.82) is 0 Å². The highest BCUT2D eigenvalue weighted by molar-refractivity contribution is 6.00. The van der Waals surface area contributed by atoms with E-state index in [0.29, 0.717) is 29.3 Å². The Labute approximate surface area is 159 Å². The van der Waals surface area contributed by atoms with Crippen LogP contribution in [0.1, 0.15) is 17.9 Å². The molecule has 0 amide bonds. The third kappa shape index (κ3) is 2.15. The van der Waals surface area contributed by atoms with Gasteiger partial charge < -0.3 is 33.2 Å². The second-order valence-corrected chi connectivity index (χ2v) is 6.75. The van der Waals surface area contributed by atoms with E-state index in [1.54, 1.807) is 19.2 Å². The maximum atomic E-state index is 13.3. The fraction of sp³-hybridized carbons (Fsp3) is 0.350. The van der Waals surface area contributed by atoms with Gasteiger partial charge in [0.05, 0.1) is 20.1 Å². The first-order valence-electron chi connectivity index (χ1n) is 8.79. The van der Waals surface area contributed by atoms with Crippen molar-refractivity contribution in [3.8, 4) is 23.0 Å². The van der Waals surface area contributed by atoms with E-state index in [-0.39, 0.29) is 28.0 Å². The number of ether oxygens (including phenoxy) is 5. The van der Waals surface area contributed by atoms with Gasteiger partial charge in [0.15, 0.2) is 17.6 Å². The summed E-state index contributed by atoms with van der Waals surface area (Å²) in [6.07, 6.45) is -0.359. The first-order valence-corrected chi connectivity index (χ1v) is 8.79. The van der Waals surface area contributed by atoms with Crippen LogP contribution in [-0.2, 0) is 9.47 Å². The van der Waals surface area contributed by atoms with Crippen molar-refractivity contribution in [2.75, 3.05) is 21.3 Å². The third-order valence-corrected chi connectivity index (χ3v) is 5.38. The van der Waals surface area contributed by atoms with Gasteiger partial charge >= 0.3 is 0 Å². The average Bonchev–Trinajstić information content (AvgIpc) is 3.24. The first-order chi connectivity index (χ1) is 13.6. The van der Waals surface area contributed by atoms with E-state index in [4.69, 9.17) is 28.1 Å². The highest BCUT2D eigenvalue weighted by atomic mass is 16.8. The van der Waals surface area contributed by atoms with Gasteiger partial charge in [0.25, 0.3) is 0 Å². The lowest BCUT2D eigenvalue weighted by molar-refractivity contribution is -0.162. The number of hydrogen-bond acceptors (Lipinski definition) is 8. The second kappa shape index (κ2) is 6.02. The molecule has 146 valence electrons. The maximum Gasteiger partial charge on any atom is 0.209 e. The quantitative estimate of drug-likeness (QED) is 0.687. The number of phenols is 1. The molecular weight excluding hydrogens is 368 g/mol. The largest absolute Gasteiger partial charge is 0.507 e. The smallest absolute Gasteiger partial charge is 0.209 e. The van der Waals surface area contributed by atoms with Crippen LogP contribution in [0.15, 0.2) is 27.4 Å². The van der Waals surface area contributed by atoms with Gasteiger partial charge in [-0.15, -0.1) is 0 Å². The Morgan fingerprint density at radius 3 is 2.57 bits per heavy atom. The summed E-state index contributed by atoms with van der Waals surface area (Å²) in [5.74, 6) is 0.839. The summed E-state index contributed by atoms with van der Waals surface area (Å²) in [4.78, 5) is 13.3. The summed E-state index contributed by atoms with van der Waals surface area (Å²) in [6.45, 7) is 0. The van der Waals surface area contributed by atoms with E-state index < -0.39 is 18.0 Å². The molecule has 2 aromatic carbocycles. The molecule has 1 aromatic heterocycles. The van der Waals surface area contributed by atoms with Gasteiger partial charge in [-0.1, -0.05) is 0 Å². The summed E-state index contributed by atoms with van der Waals surface area (Å²) >= 11 is 0. The molecule has 2 aliphatic rings. The molecule has 1 N–H and O–H groups in total. The molecule has 3 aromatic rings. The van der Waals surface area contributed by atoms with Gasteiger partial charge in [-0.2, -0.15) is 0 Å². The molecule has 0 unspecified atom stereocenters. The minimum Gasteiger partial charge on any atom is -0.507 e. The molecule has 0 aliphatic carbocycles. The number of methoxy groups -OCH3 is 3. The van der Waals surface area contributed by atoms with E-state index in [0.717, 1.165) is 5.56 Å². The van der Waals surface area contributed by atoms with Crippen LogP contribution < -0.4 is 19.6 Å². The maximum absolute atomic E-state index is 13.3. The molecule has 3 heterocycles. The van der Waals surface area contributed by atoms with Crippen molar-refractivity contribution >= 4 is 21.9 Å². The molecule has 0 bridgehead atoms. The highest BCUT2D eigenvalue weighted by Crippen LogP contribution is 2.51. The van der Waals surface area contributed by atoms with Crippen LogP contribution in [0.25, 0.3) is 21.9 Å². The number of rotatable bonds is 3. The van der Waals surface area contributed by atoms with Gasteiger partial charge in [0.1, 0.15) is 33.6 Å². The minimum absolute atomic E-state index is 0.0398. The van der Waals surface area contributed by atoms with E-state index >= 15 is 0 Å². The SMILES string of the molecule is COc1ccc(O)c2c(=O)c3c(OC)cc4c(c3oc12)[C@@H]1C[C@H](OC)O[C@@H]1O4. The van der Waals surface area contributed by atoms with Crippen molar-refractivity contribution in [2.45, 2.75) is 24.9 Å². The van der Waals surface area contributed by atoms with Crippen molar-refractivity contribution in [3.05, 3.63) is 34.0 Å². The van der Waals surface area contributed by atoms with Crippen LogP contribution >= 0.6 is 0 Å². The average molecular weight is 386 g/mol. The molecule has 3 atom stereocenters. The summed E-state index contributed by atoms with van der Waals surface area (Å²) in [6, 6.07) is 4.60. The molecule has 1 fully saturated rings. The van der Waals surface area contributed by atoms with Gasteiger partial charge in [0.2, 0.25) is 11.7 Å². The summed E-state index contributed by atoms with van der Waals surface area (Å²) in [7, 11) is 4.50. The lowest BCUT2D eigenvalue weighted by Crippen LogP contribution is -2.17. The number of aromatic hydroxyl groups is 1. The van der Waals surface area contributed by atoms with Crippen molar-refractivity contribution in [1.82, 2.24) is 0 Å². The fourth-order valence-corrected chi connectivity index (χ4v) is 4.08. The van der Waals surface area contributed by atoms with E-state index in [1.807, 2.05) is 0 Å². The van der Waals surface area contributed by atoms with Crippen LogP contribution in [-0.4, -0.2) is 39.0 Å². The minimum atomic E-state index is -0.526. The topological polar surface area (TPSA) is 96.6 Å². The summed E-state index contributed by atoms with van der Waals surface area (Å²) in [5, 5.41) is 10.6. The molecule has 5 rings (SSSR count). The zero-order valence-electron chi connectivity index (χ0n) is 15.5. The van der Waals surface area contributed by atoms with Crippen LogP contribution in [0.5, 0.6) is 23.0 Å². The second-order valence-electron chi connectivity index (χ2n) is 6.75. The number of phenolic OH excluding ortho intramolecular Hbond substituents is 1. The van der Waals surface area contributed by atoms with Gasteiger partial charge in [0, 0.05) is 25.2 Å². The zero-order chi connectivity index (χ0) is 19.6. The fourth-order valence-electron chi connectivity index (χ4n) is 4.08. The molecule has 0 spiro atoms. The van der Waals surface area contributed by atoms with E-state index in [9.17, 15) is 9.90 Å². The Morgan fingerprint density at radius 2 is 1.86 bits per heavy atom. The van der Waals surface area contributed by atoms with Crippen LogP contribution in [0, 0.1) is 0 Å². The summed E-state index contributed by atoms with van der Waals surface area (Å²) in [5.41, 5.74) is 0.826. The van der Waals surface area contributed by atoms with E-state index in [1.165, 1.54) is 20.3 Å². The number of hydrogen-bond donors (Lipinski definition) is 1. The highest BCUT2D eigenvalue weighted by Gasteiger charge is 2.46. The molecule has 0 saturated carbocycles. The Morgan fingerprint density at radius 1 is 1.07 bits per heavy atom. The van der Waals surface area contributed by atoms with Crippen LogP contribution in [0.2, 0.25) is 0 Å². The van der Waals surface area contributed by atoms with Crippen molar-refractivity contribution in [2.24, 2.45) is 0 Å². The predicted octanol–water partition coefficient (Wildman–Crippen LogP) is 2.86. The Bertz CT molecular complexity index is 1160. The Hall–Kier alpha value is -2.97. The van der Waals surface area contributed by atoms with Gasteiger partial charge in [-0.3, -0.25) is 4.79 Å². The number of fused-ring (bicyclic) bond motifs is 6. The molecule has 2 aliphatic heterocycles. The monoisotopic (exact) mass is 386 g/mol. The Balaban J connectivity index is 1.90. The van der Waals surface area contributed by atoms with Crippen LogP contribution in [0.4, 0.5) is 0 Å². The lowest BCUT2D eigenvalue weighted by Gasteiger charge is -2.14. The molecule has 0 radical (unpaired) electrons. The third-order valence-electron chi connectivity index (χ3n) is 5.38. The van der Waals surface area contributed by atoms with Crippen molar-refractivity contribution in [3.63, 3.8) is 0 Å². The molecule has 1 saturated heterocycles. The molecular formula is C20H18O8. The standard InChI is InChI=1S/C20H18O8/c1-23-10-5-4-9(21)15-17(22)16-11(24-2)7-12-14(19(16)28-18(10)15)8-6-13(25-3)27-20(8)26-12/h4-5,7-8,13,20-21H,6H2,1-3H3/t8-,13+,20-/m0/s1. The van der Waals surface area contributed by atoms with Gasteiger partial charge in [-0.25, -0.2) is 0 Å². The Kier molecular flexibility index (Phi) is 3.68. The van der Waals surface area contributed by atoms with E-state index in [2.05, 4.69) is 0 Å². The molecule has 8 nitrogen and oxygen atoms in total. The zero-order valence-corrected chi connectivity index (χ0v) is 15.5. The molecule has 28 heavy (non-hydrogen) atoms. The lowest BCUT2D eigenvalue weighted by atomic mass is 9.95. The molecule has 8 heteroatoms. The normalized spacial score (nSPS) is 22.9. The number of benzene rings is 2. The first kappa shape index (κ1) is 17.2. The predicted molar refractivity (Wildman–Crippen MR) is 98.4 cm³/mol. The van der Waals surface area contributed by atoms with Gasteiger partial charge in [-0.05, 0) is 12.1 Å².